The fourth-order valence-corrected chi connectivity index (χ4v) is 4.81. The number of imide groups is 1. The molecule has 3 N–H and O–H groups in total. The predicted molar refractivity (Wildman–Crippen MR) is 109 cm³/mol. The highest BCUT2D eigenvalue weighted by molar-refractivity contribution is 6.05. The van der Waals surface area contributed by atoms with Crippen molar-refractivity contribution in [3.63, 3.8) is 0 Å². The predicted octanol–water partition coefficient (Wildman–Crippen LogP) is 1.32. The average Bonchev–Trinajstić information content (AvgIpc) is 2.89. The van der Waals surface area contributed by atoms with E-state index in [1.54, 1.807) is 4.90 Å². The lowest BCUT2D eigenvalue weighted by Gasteiger charge is -2.29. The molecular formula is C22H30N4O3. The third-order valence-corrected chi connectivity index (χ3v) is 6.29. The quantitative estimate of drug-likeness (QED) is 0.666. The number of carbonyl (C=O) groups is 3. The second kappa shape index (κ2) is 7.88. The van der Waals surface area contributed by atoms with Gasteiger partial charge in [-0.2, -0.15) is 0 Å². The Bertz CT molecular complexity index is 835. The maximum atomic E-state index is 13.2. The van der Waals surface area contributed by atoms with Gasteiger partial charge in [0.25, 0.3) is 5.91 Å². The molecular weight excluding hydrogens is 368 g/mol. The number of rotatable bonds is 4. The summed E-state index contributed by atoms with van der Waals surface area (Å²) in [6, 6.07) is 5.77. The summed E-state index contributed by atoms with van der Waals surface area (Å²) in [4.78, 5) is 38.5. The number of fused-ring (bicyclic) bond motifs is 1. The molecule has 1 aromatic carbocycles. The molecule has 3 amide bonds. The van der Waals surface area contributed by atoms with Gasteiger partial charge in [-0.1, -0.05) is 32.0 Å². The first kappa shape index (κ1) is 20.0. The van der Waals surface area contributed by atoms with Crippen LogP contribution >= 0.6 is 0 Å². The van der Waals surface area contributed by atoms with E-state index in [1.165, 1.54) is 0 Å². The normalized spacial score (nSPS) is 26.8. The van der Waals surface area contributed by atoms with Crippen molar-refractivity contribution < 1.29 is 14.4 Å². The summed E-state index contributed by atoms with van der Waals surface area (Å²) in [6.07, 6.45) is 2.82. The molecule has 2 unspecified atom stereocenters. The molecule has 7 nitrogen and oxygen atoms in total. The molecule has 3 aliphatic rings. The number of nitrogens with zero attached hydrogens (tertiary/aromatic N) is 1. The Balaban J connectivity index is 1.47. The zero-order valence-electron chi connectivity index (χ0n) is 17.2. The van der Waals surface area contributed by atoms with Gasteiger partial charge < -0.3 is 15.5 Å². The van der Waals surface area contributed by atoms with Gasteiger partial charge in [0, 0.05) is 37.7 Å². The van der Waals surface area contributed by atoms with Crippen molar-refractivity contribution >= 4 is 17.7 Å². The van der Waals surface area contributed by atoms with Gasteiger partial charge in [-0.05, 0) is 42.3 Å². The summed E-state index contributed by atoms with van der Waals surface area (Å²) in [5.41, 5.74) is 2.90. The summed E-state index contributed by atoms with van der Waals surface area (Å²) in [6.45, 7) is 7.64. The largest absolute Gasteiger partial charge is 0.322 e. The summed E-state index contributed by atoms with van der Waals surface area (Å²) in [5.74, 6) is -0.730. The van der Waals surface area contributed by atoms with E-state index in [0.717, 1.165) is 42.6 Å². The molecule has 2 saturated heterocycles. The van der Waals surface area contributed by atoms with E-state index in [-0.39, 0.29) is 29.6 Å². The number of hydrogen-bond donors (Lipinski definition) is 3. The molecule has 3 aliphatic heterocycles. The first-order valence-corrected chi connectivity index (χ1v) is 10.5. The monoisotopic (exact) mass is 398 g/mol. The van der Waals surface area contributed by atoms with Gasteiger partial charge in [0.2, 0.25) is 11.8 Å². The van der Waals surface area contributed by atoms with Crippen LogP contribution in [0, 0.1) is 5.41 Å². The molecule has 0 saturated carbocycles. The Morgan fingerprint density at radius 2 is 2.03 bits per heavy atom. The minimum atomic E-state index is -0.567. The maximum absolute atomic E-state index is 13.2. The first-order valence-electron chi connectivity index (χ1n) is 10.5. The van der Waals surface area contributed by atoms with Crippen LogP contribution in [-0.4, -0.2) is 47.8 Å². The van der Waals surface area contributed by atoms with Gasteiger partial charge in [-0.25, -0.2) is 0 Å². The third-order valence-electron chi connectivity index (χ3n) is 6.29. The molecule has 2 fully saturated rings. The van der Waals surface area contributed by atoms with Crippen LogP contribution in [0.1, 0.15) is 61.0 Å². The molecule has 3 heterocycles. The van der Waals surface area contributed by atoms with E-state index < -0.39 is 6.04 Å². The average molecular weight is 399 g/mol. The molecule has 2 atom stereocenters. The summed E-state index contributed by atoms with van der Waals surface area (Å²) < 4.78 is 0. The van der Waals surface area contributed by atoms with Crippen LogP contribution in [-0.2, 0) is 22.7 Å². The molecule has 0 aromatic heterocycles. The molecule has 0 aliphatic carbocycles. The highest BCUT2D eigenvalue weighted by atomic mass is 16.2. The highest BCUT2D eigenvalue weighted by Gasteiger charge is 2.40. The van der Waals surface area contributed by atoms with Crippen LogP contribution in [0.15, 0.2) is 18.2 Å². The van der Waals surface area contributed by atoms with Crippen molar-refractivity contribution in [3.8, 4) is 0 Å². The van der Waals surface area contributed by atoms with Crippen molar-refractivity contribution in [2.45, 2.75) is 64.7 Å². The van der Waals surface area contributed by atoms with Crippen LogP contribution in [0.25, 0.3) is 0 Å². The Kier molecular flexibility index (Phi) is 5.44. The minimum Gasteiger partial charge on any atom is -0.322 e. The Labute approximate surface area is 171 Å². The van der Waals surface area contributed by atoms with Gasteiger partial charge in [-0.3, -0.25) is 19.7 Å². The summed E-state index contributed by atoms with van der Waals surface area (Å²) in [5, 5.41) is 9.52. The molecule has 4 rings (SSSR count). The lowest BCUT2D eigenvalue weighted by molar-refractivity contribution is -0.136. The SMILES string of the molecule is CC1(C)CNCCC(NCc2cccc3c2C(=O)N(C2CCC(=O)NC2=O)C3)C1. The van der Waals surface area contributed by atoms with Gasteiger partial charge in [0.05, 0.1) is 0 Å². The smallest absolute Gasteiger partial charge is 0.255 e. The van der Waals surface area contributed by atoms with Crippen molar-refractivity contribution in [2.75, 3.05) is 13.1 Å². The number of benzene rings is 1. The molecule has 0 bridgehead atoms. The van der Waals surface area contributed by atoms with Gasteiger partial charge in [-0.15, -0.1) is 0 Å². The van der Waals surface area contributed by atoms with E-state index in [4.69, 9.17) is 0 Å². The third kappa shape index (κ3) is 4.21. The van der Waals surface area contributed by atoms with E-state index in [1.807, 2.05) is 18.2 Å². The number of piperidine rings is 1. The second-order valence-electron chi connectivity index (χ2n) is 9.26. The van der Waals surface area contributed by atoms with Gasteiger partial charge >= 0.3 is 0 Å². The topological polar surface area (TPSA) is 90.5 Å². The fourth-order valence-electron chi connectivity index (χ4n) is 4.81. The lowest BCUT2D eigenvalue weighted by Crippen LogP contribution is -2.52. The van der Waals surface area contributed by atoms with Crippen molar-refractivity contribution in [3.05, 3.63) is 34.9 Å². The molecule has 156 valence electrons. The van der Waals surface area contributed by atoms with Gasteiger partial charge in [0.15, 0.2) is 0 Å². The van der Waals surface area contributed by atoms with Crippen LogP contribution < -0.4 is 16.0 Å². The number of carbonyl (C=O) groups excluding carboxylic acids is 3. The van der Waals surface area contributed by atoms with E-state index in [0.29, 0.717) is 25.6 Å². The maximum Gasteiger partial charge on any atom is 0.255 e. The van der Waals surface area contributed by atoms with Crippen LogP contribution in [0.5, 0.6) is 0 Å². The van der Waals surface area contributed by atoms with Crippen LogP contribution in [0.2, 0.25) is 0 Å². The number of amides is 3. The molecule has 29 heavy (non-hydrogen) atoms. The van der Waals surface area contributed by atoms with E-state index in [2.05, 4.69) is 29.8 Å². The Hall–Kier alpha value is -2.25. The van der Waals surface area contributed by atoms with Crippen molar-refractivity contribution in [1.82, 2.24) is 20.9 Å². The summed E-state index contributed by atoms with van der Waals surface area (Å²) in [7, 11) is 0. The van der Waals surface area contributed by atoms with Crippen LogP contribution in [0.4, 0.5) is 0 Å². The molecule has 1 aromatic rings. The van der Waals surface area contributed by atoms with Crippen LogP contribution in [0.3, 0.4) is 0 Å². The number of hydrogen-bond acceptors (Lipinski definition) is 5. The van der Waals surface area contributed by atoms with Crippen molar-refractivity contribution in [1.29, 1.82) is 0 Å². The van der Waals surface area contributed by atoms with Crippen molar-refractivity contribution in [2.24, 2.45) is 5.41 Å². The fraction of sp³-hybridized carbons (Fsp3) is 0.591. The zero-order valence-corrected chi connectivity index (χ0v) is 17.2. The Morgan fingerprint density at radius 1 is 1.21 bits per heavy atom. The number of nitrogens with one attached hydrogen (secondary N) is 3. The summed E-state index contributed by atoms with van der Waals surface area (Å²) >= 11 is 0. The minimum absolute atomic E-state index is 0.102. The Morgan fingerprint density at radius 3 is 2.83 bits per heavy atom. The first-order chi connectivity index (χ1) is 13.8. The molecule has 0 radical (unpaired) electrons. The molecule has 0 spiro atoms. The molecule has 7 heteroatoms. The standard InChI is InChI=1S/C22H30N4O3/c1-22(2)10-16(8-9-23-13-22)24-11-14-4-3-5-15-12-26(21(29)19(14)15)17-6-7-18(27)25-20(17)28/h3-5,16-17,23-24H,6-13H2,1-2H3,(H,25,27,28). The van der Waals surface area contributed by atoms with E-state index >= 15 is 0 Å². The van der Waals surface area contributed by atoms with E-state index in [9.17, 15) is 14.4 Å². The van der Waals surface area contributed by atoms with Gasteiger partial charge in [0.1, 0.15) is 6.04 Å². The highest BCUT2D eigenvalue weighted by Crippen LogP contribution is 2.30. The zero-order chi connectivity index (χ0) is 20.6. The second-order valence-corrected chi connectivity index (χ2v) is 9.26. The lowest BCUT2D eigenvalue weighted by atomic mass is 9.86.